The number of amides is 1. The van der Waals surface area contributed by atoms with Crippen LogP contribution in [-0.4, -0.2) is 28.1 Å². The van der Waals surface area contributed by atoms with E-state index in [2.05, 4.69) is 6.58 Å². The molecule has 1 aromatic heterocycles. The summed E-state index contributed by atoms with van der Waals surface area (Å²) in [4.78, 5) is 31.9. The minimum Gasteiger partial charge on any atom is -0.319 e. The molecule has 1 fully saturated rings. The summed E-state index contributed by atoms with van der Waals surface area (Å²) in [6.07, 6.45) is 2.01. The highest BCUT2D eigenvalue weighted by Crippen LogP contribution is 2.29. The van der Waals surface area contributed by atoms with Crippen molar-refractivity contribution in [2.45, 2.75) is 6.42 Å². The van der Waals surface area contributed by atoms with Gasteiger partial charge in [0.25, 0.3) is 0 Å². The molecule has 1 atom stereocenters. The van der Waals surface area contributed by atoms with Crippen LogP contribution in [0.15, 0.2) is 73.4 Å². The molecule has 2 heterocycles. The third-order valence-corrected chi connectivity index (χ3v) is 4.83. The number of carbonyl (C=O) groups is 2. The highest BCUT2D eigenvalue weighted by atomic mass is 16.2. The van der Waals surface area contributed by atoms with Gasteiger partial charge in [0.1, 0.15) is 5.92 Å². The molecule has 0 bridgehead atoms. The van der Waals surface area contributed by atoms with Crippen LogP contribution in [0.1, 0.15) is 16.8 Å². The van der Waals surface area contributed by atoms with E-state index in [-0.39, 0.29) is 11.7 Å². The van der Waals surface area contributed by atoms with Crippen LogP contribution in [0.3, 0.4) is 0 Å². The third-order valence-electron chi connectivity index (χ3n) is 4.83. The number of benzene rings is 2. The molecule has 3 aromatic rings. The zero-order chi connectivity index (χ0) is 18.1. The van der Waals surface area contributed by atoms with Crippen LogP contribution < -0.4 is 0 Å². The van der Waals surface area contributed by atoms with Crippen molar-refractivity contribution in [2.75, 3.05) is 6.54 Å². The van der Waals surface area contributed by atoms with Crippen molar-refractivity contribution in [1.29, 1.82) is 0 Å². The Kier molecular flexibility index (Phi) is 4.09. The highest BCUT2D eigenvalue weighted by Gasteiger charge is 2.36. The van der Waals surface area contributed by atoms with Crippen molar-refractivity contribution in [3.05, 3.63) is 79.0 Å². The molecule has 1 aliphatic heterocycles. The minimum absolute atomic E-state index is 0.143. The van der Waals surface area contributed by atoms with E-state index >= 15 is 0 Å². The second-order valence-electron chi connectivity index (χ2n) is 6.36. The van der Waals surface area contributed by atoms with E-state index in [1.165, 1.54) is 11.1 Å². The van der Waals surface area contributed by atoms with Gasteiger partial charge >= 0.3 is 0 Å². The molecule has 128 valence electrons. The van der Waals surface area contributed by atoms with Gasteiger partial charge in [-0.1, -0.05) is 55.1 Å². The fraction of sp³-hybridized carbons (Fsp3) is 0.136. The highest BCUT2D eigenvalue weighted by molar-refractivity contribution is 6.16. The molecule has 1 aliphatic rings. The van der Waals surface area contributed by atoms with Gasteiger partial charge in [-0.15, -0.1) is 0 Å². The predicted octanol–water partition coefficient (Wildman–Crippen LogP) is 4.08. The predicted molar refractivity (Wildman–Crippen MR) is 102 cm³/mol. The first-order valence-electron chi connectivity index (χ1n) is 8.61. The average molecular weight is 342 g/mol. The van der Waals surface area contributed by atoms with Crippen LogP contribution in [0.4, 0.5) is 0 Å². The Balaban J connectivity index is 1.85. The standard InChI is InChI=1S/C22H18N2O2/c1-2-24-13-12-17(22(24)26)21(25)18-14-20(15-8-4-3-5-9-15)23-19-11-7-6-10-16(18)19/h2-11,14,17H,1,12-13H2. The quantitative estimate of drug-likeness (QED) is 0.530. The lowest BCUT2D eigenvalue weighted by Gasteiger charge is -2.13. The molecule has 4 rings (SSSR count). The Labute approximate surface area is 151 Å². The van der Waals surface area contributed by atoms with Crippen LogP contribution in [-0.2, 0) is 4.79 Å². The second-order valence-corrected chi connectivity index (χ2v) is 6.36. The summed E-state index contributed by atoms with van der Waals surface area (Å²) in [5.74, 6) is -0.968. The van der Waals surface area contributed by atoms with E-state index in [4.69, 9.17) is 4.98 Å². The molecule has 0 saturated carbocycles. The second kappa shape index (κ2) is 6.56. The molecule has 0 radical (unpaired) electrons. The molecule has 4 nitrogen and oxygen atoms in total. The van der Waals surface area contributed by atoms with Crippen molar-refractivity contribution >= 4 is 22.6 Å². The lowest BCUT2D eigenvalue weighted by atomic mass is 9.92. The Bertz CT molecular complexity index is 1010. The van der Waals surface area contributed by atoms with Crippen molar-refractivity contribution in [3.8, 4) is 11.3 Å². The summed E-state index contributed by atoms with van der Waals surface area (Å²) in [5, 5.41) is 0.780. The smallest absolute Gasteiger partial charge is 0.237 e. The Morgan fingerprint density at radius 2 is 1.85 bits per heavy atom. The Hall–Kier alpha value is -3.27. The number of Topliss-reactive ketones (excluding diaryl/α,β-unsaturated/α-hetero) is 1. The Morgan fingerprint density at radius 3 is 2.58 bits per heavy atom. The molecule has 1 amide bonds. The maximum absolute atomic E-state index is 13.2. The maximum atomic E-state index is 13.2. The van der Waals surface area contributed by atoms with Crippen LogP contribution in [0.25, 0.3) is 22.2 Å². The Morgan fingerprint density at radius 1 is 1.12 bits per heavy atom. The molecule has 0 aliphatic carbocycles. The summed E-state index contributed by atoms with van der Waals surface area (Å²) in [7, 11) is 0. The average Bonchev–Trinajstić information content (AvgIpc) is 3.07. The van der Waals surface area contributed by atoms with Gasteiger partial charge in [0.2, 0.25) is 5.91 Å². The number of ketones is 1. The van der Waals surface area contributed by atoms with Gasteiger partial charge in [-0.3, -0.25) is 9.59 Å². The normalized spacial score (nSPS) is 16.8. The van der Waals surface area contributed by atoms with Crippen LogP contribution in [0.2, 0.25) is 0 Å². The number of fused-ring (bicyclic) bond motifs is 1. The molecule has 0 N–H and O–H groups in total. The van der Waals surface area contributed by atoms with Crippen LogP contribution in [0.5, 0.6) is 0 Å². The number of rotatable bonds is 4. The number of aromatic nitrogens is 1. The number of nitrogens with zero attached hydrogens (tertiary/aromatic N) is 2. The van der Waals surface area contributed by atoms with Gasteiger partial charge in [0.15, 0.2) is 5.78 Å². The number of likely N-dealkylation sites (tertiary alicyclic amines) is 1. The first-order chi connectivity index (χ1) is 12.7. The molecular weight excluding hydrogens is 324 g/mol. The lowest BCUT2D eigenvalue weighted by Crippen LogP contribution is -2.26. The fourth-order valence-electron chi connectivity index (χ4n) is 3.45. The van der Waals surface area contributed by atoms with Gasteiger partial charge in [0.05, 0.1) is 11.2 Å². The zero-order valence-corrected chi connectivity index (χ0v) is 14.3. The van der Waals surface area contributed by atoms with Crippen molar-refractivity contribution in [3.63, 3.8) is 0 Å². The molecule has 26 heavy (non-hydrogen) atoms. The molecule has 2 aromatic carbocycles. The molecule has 4 heteroatoms. The summed E-state index contributed by atoms with van der Waals surface area (Å²) in [6.45, 7) is 4.18. The van der Waals surface area contributed by atoms with Crippen molar-refractivity contribution in [2.24, 2.45) is 5.92 Å². The lowest BCUT2D eigenvalue weighted by molar-refractivity contribution is -0.127. The summed E-state index contributed by atoms with van der Waals surface area (Å²) in [6, 6.07) is 19.1. The largest absolute Gasteiger partial charge is 0.319 e. The summed E-state index contributed by atoms with van der Waals surface area (Å²) >= 11 is 0. The van der Waals surface area contributed by atoms with Gasteiger partial charge in [-0.2, -0.15) is 0 Å². The summed E-state index contributed by atoms with van der Waals surface area (Å²) < 4.78 is 0. The van der Waals surface area contributed by atoms with Gasteiger partial charge in [0, 0.05) is 23.1 Å². The molecular formula is C22H18N2O2. The van der Waals surface area contributed by atoms with E-state index in [9.17, 15) is 9.59 Å². The van der Waals surface area contributed by atoms with Crippen LogP contribution in [0, 0.1) is 5.92 Å². The maximum Gasteiger partial charge on any atom is 0.237 e. The number of para-hydroxylation sites is 1. The first kappa shape index (κ1) is 16.2. The van der Waals surface area contributed by atoms with E-state index in [1.807, 2.05) is 60.7 Å². The molecule has 0 spiro atoms. The van der Waals surface area contributed by atoms with Crippen molar-refractivity contribution < 1.29 is 9.59 Å². The van der Waals surface area contributed by atoms with Crippen molar-refractivity contribution in [1.82, 2.24) is 9.88 Å². The number of pyridine rings is 1. The monoisotopic (exact) mass is 342 g/mol. The minimum atomic E-state index is -0.651. The SMILES string of the molecule is C=CN1CCC(C(=O)c2cc(-c3ccccc3)nc3ccccc23)C1=O. The van der Waals surface area contributed by atoms with Gasteiger partial charge < -0.3 is 4.90 Å². The van der Waals surface area contributed by atoms with E-state index in [0.29, 0.717) is 18.5 Å². The van der Waals surface area contributed by atoms with Gasteiger partial charge in [-0.05, 0) is 24.8 Å². The molecule has 1 saturated heterocycles. The van der Waals surface area contributed by atoms with Gasteiger partial charge in [-0.25, -0.2) is 4.98 Å². The number of hydrogen-bond donors (Lipinski definition) is 0. The van der Waals surface area contributed by atoms with E-state index in [0.717, 1.165) is 22.2 Å². The topological polar surface area (TPSA) is 50.3 Å². The first-order valence-corrected chi connectivity index (χ1v) is 8.61. The number of hydrogen-bond acceptors (Lipinski definition) is 3. The summed E-state index contributed by atoms with van der Waals surface area (Å²) in [5.41, 5.74) is 2.98. The molecule has 1 unspecified atom stereocenters. The van der Waals surface area contributed by atoms with Crippen LogP contribution >= 0.6 is 0 Å². The number of carbonyl (C=O) groups excluding carboxylic acids is 2. The fourth-order valence-corrected chi connectivity index (χ4v) is 3.45. The van der Waals surface area contributed by atoms with E-state index in [1.54, 1.807) is 0 Å². The zero-order valence-electron chi connectivity index (χ0n) is 14.3. The van der Waals surface area contributed by atoms with E-state index < -0.39 is 5.92 Å². The third kappa shape index (κ3) is 2.69.